The predicted octanol–water partition coefficient (Wildman–Crippen LogP) is 2.12. The van der Waals surface area contributed by atoms with Gasteiger partial charge < -0.3 is 10.6 Å². The second kappa shape index (κ2) is 5.39. The van der Waals surface area contributed by atoms with Crippen LogP contribution >= 0.6 is 0 Å². The van der Waals surface area contributed by atoms with Gasteiger partial charge in [-0.15, -0.1) is 0 Å². The molecule has 18 heavy (non-hydrogen) atoms. The van der Waals surface area contributed by atoms with Gasteiger partial charge in [-0.25, -0.2) is 0 Å². The SMILES string of the molecule is CC(N)CN(C)C(=O)c1cccc(C(F)(F)F)c1. The van der Waals surface area contributed by atoms with Crippen LogP contribution in [0, 0.1) is 0 Å². The maximum Gasteiger partial charge on any atom is 0.416 e. The Balaban J connectivity index is 2.93. The summed E-state index contributed by atoms with van der Waals surface area (Å²) in [5.74, 6) is -0.474. The summed E-state index contributed by atoms with van der Waals surface area (Å²) in [6.07, 6.45) is -4.45. The Labute approximate surface area is 103 Å². The van der Waals surface area contributed by atoms with E-state index in [4.69, 9.17) is 5.73 Å². The third-order valence-electron chi connectivity index (χ3n) is 2.35. The number of hydrogen-bond acceptors (Lipinski definition) is 2. The van der Waals surface area contributed by atoms with Crippen LogP contribution in [-0.2, 0) is 6.18 Å². The average Bonchev–Trinajstić information content (AvgIpc) is 2.26. The summed E-state index contributed by atoms with van der Waals surface area (Å²) in [4.78, 5) is 13.2. The van der Waals surface area contributed by atoms with Crippen LogP contribution in [0.2, 0.25) is 0 Å². The van der Waals surface area contributed by atoms with Gasteiger partial charge in [-0.1, -0.05) is 6.07 Å². The highest BCUT2D eigenvalue weighted by molar-refractivity contribution is 5.94. The Kier molecular flexibility index (Phi) is 4.34. The first kappa shape index (κ1) is 14.5. The van der Waals surface area contributed by atoms with Crippen LogP contribution in [0.15, 0.2) is 24.3 Å². The molecule has 0 radical (unpaired) electrons. The molecular formula is C12H15F3N2O. The van der Waals surface area contributed by atoms with E-state index in [2.05, 4.69) is 0 Å². The lowest BCUT2D eigenvalue weighted by Crippen LogP contribution is -2.37. The second-order valence-corrected chi connectivity index (χ2v) is 4.24. The summed E-state index contributed by atoms with van der Waals surface area (Å²) in [5, 5.41) is 0. The van der Waals surface area contributed by atoms with Crippen molar-refractivity contribution >= 4 is 5.91 Å². The summed E-state index contributed by atoms with van der Waals surface area (Å²) < 4.78 is 37.5. The number of likely N-dealkylation sites (N-methyl/N-ethyl adjacent to an activating group) is 1. The molecule has 0 aliphatic carbocycles. The van der Waals surface area contributed by atoms with E-state index in [9.17, 15) is 18.0 Å². The maximum absolute atomic E-state index is 12.5. The molecule has 0 aromatic heterocycles. The third kappa shape index (κ3) is 3.73. The van der Waals surface area contributed by atoms with E-state index in [1.807, 2.05) is 0 Å². The molecule has 2 N–H and O–H groups in total. The quantitative estimate of drug-likeness (QED) is 0.904. The molecule has 0 aliphatic rings. The number of halogens is 3. The van der Waals surface area contributed by atoms with Crippen molar-refractivity contribution in [2.24, 2.45) is 5.73 Å². The molecule has 3 nitrogen and oxygen atoms in total. The smallest absolute Gasteiger partial charge is 0.340 e. The minimum atomic E-state index is -4.45. The number of amides is 1. The summed E-state index contributed by atoms with van der Waals surface area (Å²) in [6, 6.07) is 4.12. The zero-order chi connectivity index (χ0) is 13.9. The van der Waals surface area contributed by atoms with E-state index in [0.717, 1.165) is 12.1 Å². The molecule has 0 spiro atoms. The van der Waals surface area contributed by atoms with Gasteiger partial charge in [0.05, 0.1) is 5.56 Å². The van der Waals surface area contributed by atoms with Crippen molar-refractivity contribution in [3.63, 3.8) is 0 Å². The van der Waals surface area contributed by atoms with Crippen molar-refractivity contribution in [1.29, 1.82) is 0 Å². The first-order chi connectivity index (χ1) is 8.21. The van der Waals surface area contributed by atoms with E-state index >= 15 is 0 Å². The fraction of sp³-hybridized carbons (Fsp3) is 0.417. The van der Waals surface area contributed by atoms with Gasteiger partial charge in [0, 0.05) is 25.2 Å². The van der Waals surface area contributed by atoms with Crippen LogP contribution in [0.4, 0.5) is 13.2 Å². The van der Waals surface area contributed by atoms with E-state index in [1.165, 1.54) is 24.1 Å². The van der Waals surface area contributed by atoms with Crippen LogP contribution < -0.4 is 5.73 Å². The molecule has 1 atom stereocenters. The van der Waals surface area contributed by atoms with Crippen molar-refractivity contribution in [3.8, 4) is 0 Å². The van der Waals surface area contributed by atoms with Gasteiger partial charge in [0.25, 0.3) is 5.91 Å². The minimum absolute atomic E-state index is 0.00738. The molecule has 0 aliphatic heterocycles. The van der Waals surface area contributed by atoms with Gasteiger partial charge in [0.15, 0.2) is 0 Å². The second-order valence-electron chi connectivity index (χ2n) is 4.24. The van der Waals surface area contributed by atoms with Gasteiger partial charge in [-0.05, 0) is 25.1 Å². The number of hydrogen-bond donors (Lipinski definition) is 1. The Hall–Kier alpha value is -1.56. The fourth-order valence-corrected chi connectivity index (χ4v) is 1.56. The number of carbonyl (C=O) groups is 1. The lowest BCUT2D eigenvalue weighted by atomic mass is 10.1. The molecular weight excluding hydrogens is 245 g/mol. The Morgan fingerprint density at radius 3 is 2.56 bits per heavy atom. The summed E-state index contributed by atoms with van der Waals surface area (Å²) >= 11 is 0. The number of rotatable bonds is 3. The Bertz CT molecular complexity index is 430. The average molecular weight is 260 g/mol. The van der Waals surface area contributed by atoms with E-state index in [1.54, 1.807) is 6.92 Å². The van der Waals surface area contributed by atoms with E-state index in [-0.39, 0.29) is 18.2 Å². The molecule has 0 heterocycles. The number of nitrogens with two attached hydrogens (primary N) is 1. The van der Waals surface area contributed by atoms with Gasteiger partial charge in [0.2, 0.25) is 0 Å². The maximum atomic E-state index is 12.5. The molecule has 1 rings (SSSR count). The lowest BCUT2D eigenvalue weighted by Gasteiger charge is -2.19. The van der Waals surface area contributed by atoms with E-state index < -0.39 is 17.6 Å². The lowest BCUT2D eigenvalue weighted by molar-refractivity contribution is -0.137. The topological polar surface area (TPSA) is 46.3 Å². The third-order valence-corrected chi connectivity index (χ3v) is 2.35. The van der Waals surface area contributed by atoms with Crippen LogP contribution in [0.1, 0.15) is 22.8 Å². The van der Waals surface area contributed by atoms with Crippen molar-refractivity contribution < 1.29 is 18.0 Å². The van der Waals surface area contributed by atoms with E-state index in [0.29, 0.717) is 0 Å². The van der Waals surface area contributed by atoms with Gasteiger partial charge >= 0.3 is 6.18 Å². The molecule has 0 saturated carbocycles. The number of nitrogens with zero attached hydrogens (tertiary/aromatic N) is 1. The molecule has 6 heteroatoms. The van der Waals surface area contributed by atoms with Crippen molar-refractivity contribution in [1.82, 2.24) is 4.90 Å². The zero-order valence-corrected chi connectivity index (χ0v) is 10.2. The fourth-order valence-electron chi connectivity index (χ4n) is 1.56. The predicted molar refractivity (Wildman–Crippen MR) is 62.1 cm³/mol. The highest BCUT2D eigenvalue weighted by Crippen LogP contribution is 2.29. The van der Waals surface area contributed by atoms with Crippen LogP contribution in [0.3, 0.4) is 0 Å². The Morgan fingerprint density at radius 1 is 1.44 bits per heavy atom. The molecule has 0 fully saturated rings. The number of carbonyl (C=O) groups excluding carboxylic acids is 1. The molecule has 1 amide bonds. The normalized spacial score (nSPS) is 13.2. The van der Waals surface area contributed by atoms with Crippen molar-refractivity contribution in [2.45, 2.75) is 19.1 Å². The number of benzene rings is 1. The number of alkyl halides is 3. The first-order valence-corrected chi connectivity index (χ1v) is 5.40. The minimum Gasteiger partial charge on any atom is -0.340 e. The monoisotopic (exact) mass is 260 g/mol. The van der Waals surface area contributed by atoms with Crippen LogP contribution in [0.25, 0.3) is 0 Å². The zero-order valence-electron chi connectivity index (χ0n) is 10.2. The van der Waals surface area contributed by atoms with Crippen LogP contribution in [-0.4, -0.2) is 30.4 Å². The molecule has 1 unspecified atom stereocenters. The highest BCUT2D eigenvalue weighted by atomic mass is 19.4. The highest BCUT2D eigenvalue weighted by Gasteiger charge is 2.31. The molecule has 1 aromatic rings. The van der Waals surface area contributed by atoms with Gasteiger partial charge in [0.1, 0.15) is 0 Å². The molecule has 1 aromatic carbocycles. The molecule has 0 saturated heterocycles. The first-order valence-electron chi connectivity index (χ1n) is 5.40. The molecule has 100 valence electrons. The summed E-state index contributed by atoms with van der Waals surface area (Å²) in [6.45, 7) is 2.00. The summed E-state index contributed by atoms with van der Waals surface area (Å²) in [5.41, 5.74) is 4.71. The van der Waals surface area contributed by atoms with Crippen molar-refractivity contribution in [2.75, 3.05) is 13.6 Å². The van der Waals surface area contributed by atoms with Gasteiger partial charge in [-0.3, -0.25) is 4.79 Å². The van der Waals surface area contributed by atoms with Crippen LogP contribution in [0.5, 0.6) is 0 Å². The van der Waals surface area contributed by atoms with Crippen molar-refractivity contribution in [3.05, 3.63) is 35.4 Å². The molecule has 0 bridgehead atoms. The summed E-state index contributed by atoms with van der Waals surface area (Å²) in [7, 11) is 1.51. The van der Waals surface area contributed by atoms with Gasteiger partial charge in [-0.2, -0.15) is 13.2 Å². The Morgan fingerprint density at radius 2 is 2.06 bits per heavy atom. The standard InChI is InChI=1S/C12H15F3N2O/c1-8(16)7-17(2)11(18)9-4-3-5-10(6-9)12(13,14)15/h3-6,8H,7,16H2,1-2H3. The largest absolute Gasteiger partial charge is 0.416 e.